The number of carbonyl (C=O) groups excluding carboxylic acids is 1. The zero-order valence-corrected chi connectivity index (χ0v) is 24.1. The zero-order valence-electron chi connectivity index (χ0n) is 24.1. The van der Waals surface area contributed by atoms with Crippen LogP contribution in [0.15, 0.2) is 60.4 Å². The second-order valence-electron chi connectivity index (χ2n) is 9.90. The van der Waals surface area contributed by atoms with Gasteiger partial charge in [0.1, 0.15) is 0 Å². The van der Waals surface area contributed by atoms with Crippen LogP contribution in [0.2, 0.25) is 0 Å². The number of rotatable bonds is 7. The van der Waals surface area contributed by atoms with E-state index in [0.29, 0.717) is 5.92 Å². The van der Waals surface area contributed by atoms with Crippen LogP contribution >= 0.6 is 0 Å². The van der Waals surface area contributed by atoms with Gasteiger partial charge in [0, 0.05) is 56.3 Å². The molecule has 6 heteroatoms. The first kappa shape index (κ1) is 29.1. The SMILES string of the molecule is CC.CNc1ccc(-c2ccnc(C)c2/C=C(\C)CN2CCC(c3ccc(C(=O)N(C)C)cc3)CC2)nc1. The molecule has 1 saturated heterocycles. The Morgan fingerprint density at radius 1 is 1.05 bits per heavy atom. The number of anilines is 1. The first-order valence-electron chi connectivity index (χ1n) is 13.7. The molecular formula is C32H43N5O. The summed E-state index contributed by atoms with van der Waals surface area (Å²) in [5.41, 5.74) is 8.63. The molecule has 38 heavy (non-hydrogen) atoms. The van der Waals surface area contributed by atoms with Crippen molar-refractivity contribution in [3.8, 4) is 11.3 Å². The first-order chi connectivity index (χ1) is 18.4. The summed E-state index contributed by atoms with van der Waals surface area (Å²) in [4.78, 5) is 25.5. The molecule has 202 valence electrons. The van der Waals surface area contributed by atoms with Crippen LogP contribution in [0.5, 0.6) is 0 Å². The standard InChI is InChI=1S/C30H37N5O.C2H6/c1-21(18-28-22(2)32-15-12-27(28)29-11-10-26(31-3)19-33-29)20-35-16-13-24(14-17-35)23-6-8-25(9-7-23)30(36)34(4)5;1-2/h6-12,15,18-19,24,31H,13-14,16-17,20H2,1-5H3;1-2H3/b21-18+;. The smallest absolute Gasteiger partial charge is 0.253 e. The third-order valence-electron chi connectivity index (χ3n) is 7.00. The van der Waals surface area contributed by atoms with Gasteiger partial charge in [0.05, 0.1) is 17.6 Å². The molecule has 3 heterocycles. The van der Waals surface area contributed by atoms with Gasteiger partial charge < -0.3 is 10.2 Å². The minimum atomic E-state index is 0.0522. The van der Waals surface area contributed by atoms with Gasteiger partial charge in [-0.25, -0.2) is 0 Å². The highest BCUT2D eigenvalue weighted by Crippen LogP contribution is 2.30. The highest BCUT2D eigenvalue weighted by molar-refractivity contribution is 5.93. The van der Waals surface area contributed by atoms with Crippen LogP contribution in [-0.2, 0) is 0 Å². The van der Waals surface area contributed by atoms with Crippen molar-refractivity contribution >= 4 is 17.7 Å². The van der Waals surface area contributed by atoms with Crippen molar-refractivity contribution in [2.75, 3.05) is 46.1 Å². The van der Waals surface area contributed by atoms with Crippen LogP contribution in [0.4, 0.5) is 5.69 Å². The predicted molar refractivity (Wildman–Crippen MR) is 160 cm³/mol. The fourth-order valence-corrected chi connectivity index (χ4v) is 4.91. The van der Waals surface area contributed by atoms with E-state index in [0.717, 1.165) is 66.2 Å². The Morgan fingerprint density at radius 3 is 2.32 bits per heavy atom. The summed E-state index contributed by atoms with van der Waals surface area (Å²) in [7, 11) is 5.48. The number of hydrogen-bond donors (Lipinski definition) is 1. The van der Waals surface area contributed by atoms with Crippen molar-refractivity contribution < 1.29 is 4.79 Å². The summed E-state index contributed by atoms with van der Waals surface area (Å²) in [6.45, 7) is 11.4. The molecular weight excluding hydrogens is 470 g/mol. The second kappa shape index (κ2) is 13.9. The van der Waals surface area contributed by atoms with E-state index >= 15 is 0 Å². The summed E-state index contributed by atoms with van der Waals surface area (Å²) in [5, 5.41) is 3.13. The molecule has 0 saturated carbocycles. The highest BCUT2D eigenvalue weighted by atomic mass is 16.2. The predicted octanol–water partition coefficient (Wildman–Crippen LogP) is 6.50. The Hall–Kier alpha value is -3.51. The van der Waals surface area contributed by atoms with Gasteiger partial charge in [-0.05, 0) is 81.6 Å². The first-order valence-corrected chi connectivity index (χ1v) is 13.7. The minimum Gasteiger partial charge on any atom is -0.387 e. The second-order valence-corrected chi connectivity index (χ2v) is 9.90. The average molecular weight is 514 g/mol. The maximum absolute atomic E-state index is 12.2. The Morgan fingerprint density at radius 2 is 1.74 bits per heavy atom. The minimum absolute atomic E-state index is 0.0522. The molecule has 0 bridgehead atoms. The van der Waals surface area contributed by atoms with Crippen molar-refractivity contribution in [3.05, 3.63) is 82.8 Å². The number of amides is 1. The lowest BCUT2D eigenvalue weighted by Gasteiger charge is -2.32. The van der Waals surface area contributed by atoms with E-state index in [1.807, 2.05) is 45.4 Å². The Balaban J connectivity index is 0.00000195. The van der Waals surface area contributed by atoms with Gasteiger partial charge in [0.2, 0.25) is 0 Å². The van der Waals surface area contributed by atoms with Gasteiger partial charge in [-0.3, -0.25) is 19.7 Å². The lowest BCUT2D eigenvalue weighted by atomic mass is 9.88. The molecule has 0 aliphatic carbocycles. The Bertz CT molecular complexity index is 1210. The fraction of sp³-hybridized carbons (Fsp3) is 0.406. The summed E-state index contributed by atoms with van der Waals surface area (Å²) >= 11 is 0. The topological polar surface area (TPSA) is 61.4 Å². The molecule has 6 nitrogen and oxygen atoms in total. The van der Waals surface area contributed by atoms with Gasteiger partial charge >= 0.3 is 0 Å². The molecule has 3 aromatic rings. The molecule has 0 atom stereocenters. The summed E-state index contributed by atoms with van der Waals surface area (Å²) < 4.78 is 0. The number of piperidine rings is 1. The molecule has 1 N–H and O–H groups in total. The van der Waals surface area contributed by atoms with E-state index in [9.17, 15) is 4.79 Å². The number of nitrogens with zero attached hydrogens (tertiary/aromatic N) is 4. The molecule has 0 radical (unpaired) electrons. The monoisotopic (exact) mass is 513 g/mol. The van der Waals surface area contributed by atoms with Gasteiger partial charge in [-0.2, -0.15) is 0 Å². The number of aryl methyl sites for hydroxylation is 1. The van der Waals surface area contributed by atoms with Gasteiger partial charge in [0.15, 0.2) is 0 Å². The molecule has 1 aromatic carbocycles. The number of pyridine rings is 2. The largest absolute Gasteiger partial charge is 0.387 e. The normalized spacial score (nSPS) is 14.4. The Kier molecular flexibility index (Phi) is 10.6. The van der Waals surface area contributed by atoms with E-state index < -0.39 is 0 Å². The molecule has 1 fully saturated rings. The van der Waals surface area contributed by atoms with E-state index in [1.54, 1.807) is 19.0 Å². The quantitative estimate of drug-likeness (QED) is 0.390. The maximum Gasteiger partial charge on any atom is 0.253 e. The number of nitrogens with one attached hydrogen (secondary N) is 1. The number of hydrogen-bond acceptors (Lipinski definition) is 5. The van der Waals surface area contributed by atoms with Crippen LogP contribution in [0.25, 0.3) is 17.3 Å². The number of carbonyl (C=O) groups is 1. The summed E-state index contributed by atoms with van der Waals surface area (Å²) in [6.07, 6.45) is 8.26. The van der Waals surface area contributed by atoms with E-state index in [-0.39, 0.29) is 5.91 Å². The molecule has 4 rings (SSSR count). The molecule has 0 unspecified atom stereocenters. The number of benzene rings is 1. The van der Waals surface area contributed by atoms with E-state index in [1.165, 1.54) is 11.1 Å². The summed E-state index contributed by atoms with van der Waals surface area (Å²) in [6, 6.07) is 14.4. The van der Waals surface area contributed by atoms with Crippen LogP contribution in [0, 0.1) is 6.92 Å². The van der Waals surface area contributed by atoms with Crippen LogP contribution in [-0.4, -0.2) is 66.5 Å². The van der Waals surface area contributed by atoms with Crippen molar-refractivity contribution in [3.63, 3.8) is 0 Å². The van der Waals surface area contributed by atoms with Gasteiger partial charge in [-0.1, -0.05) is 37.6 Å². The number of likely N-dealkylation sites (tertiary alicyclic amines) is 1. The molecule has 1 amide bonds. The van der Waals surface area contributed by atoms with E-state index in [2.05, 4.69) is 70.4 Å². The average Bonchev–Trinajstić information content (AvgIpc) is 2.95. The fourth-order valence-electron chi connectivity index (χ4n) is 4.91. The molecule has 1 aliphatic rings. The Labute approximate surface area is 228 Å². The van der Waals surface area contributed by atoms with Crippen LogP contribution in [0.1, 0.15) is 66.7 Å². The van der Waals surface area contributed by atoms with E-state index in [4.69, 9.17) is 0 Å². The lowest BCUT2D eigenvalue weighted by Crippen LogP contribution is -2.34. The van der Waals surface area contributed by atoms with Crippen molar-refractivity contribution in [2.24, 2.45) is 0 Å². The van der Waals surface area contributed by atoms with Crippen molar-refractivity contribution in [2.45, 2.75) is 46.5 Å². The lowest BCUT2D eigenvalue weighted by molar-refractivity contribution is 0.0827. The zero-order chi connectivity index (χ0) is 27.7. The van der Waals surface area contributed by atoms with Crippen molar-refractivity contribution in [1.29, 1.82) is 0 Å². The van der Waals surface area contributed by atoms with Crippen LogP contribution < -0.4 is 5.32 Å². The van der Waals surface area contributed by atoms with Crippen LogP contribution in [0.3, 0.4) is 0 Å². The third kappa shape index (κ3) is 7.29. The van der Waals surface area contributed by atoms with Crippen molar-refractivity contribution in [1.82, 2.24) is 19.8 Å². The molecule has 1 aliphatic heterocycles. The molecule has 0 spiro atoms. The maximum atomic E-state index is 12.2. The molecule has 2 aromatic heterocycles. The van der Waals surface area contributed by atoms with Gasteiger partial charge in [0.25, 0.3) is 5.91 Å². The highest BCUT2D eigenvalue weighted by Gasteiger charge is 2.21. The van der Waals surface area contributed by atoms with Gasteiger partial charge in [-0.15, -0.1) is 0 Å². The third-order valence-corrected chi connectivity index (χ3v) is 7.00. The number of aromatic nitrogens is 2. The summed E-state index contributed by atoms with van der Waals surface area (Å²) in [5.74, 6) is 0.601.